The minimum Gasteiger partial charge on any atom is -0.493 e. The van der Waals surface area contributed by atoms with Crippen LogP contribution in [0.15, 0.2) is 48.7 Å². The van der Waals surface area contributed by atoms with E-state index in [1.54, 1.807) is 33.5 Å². The standard InChI is InChI=1S/C26H28ClN5O4/c1-34-22-15-18(16-23(35-2)24(22)36-3)28-26(33)31-10-5-9-30(12-13-31)25-21-6-4-11-32(21)20-8-7-17(27)14-19(20)29-25/h4,6-8,11,14-16H,5,9-10,12-13H2,1-3H3,(H,28,33). The van der Waals surface area contributed by atoms with E-state index in [0.29, 0.717) is 47.6 Å². The molecular weight excluding hydrogens is 482 g/mol. The van der Waals surface area contributed by atoms with Gasteiger partial charge in [0.15, 0.2) is 17.3 Å². The van der Waals surface area contributed by atoms with Gasteiger partial charge in [0.25, 0.3) is 0 Å². The Morgan fingerprint density at radius 2 is 1.72 bits per heavy atom. The zero-order valence-electron chi connectivity index (χ0n) is 20.5. The summed E-state index contributed by atoms with van der Waals surface area (Å²) in [5.41, 5.74) is 3.44. The van der Waals surface area contributed by atoms with Gasteiger partial charge in [-0.15, -0.1) is 0 Å². The number of ether oxygens (including phenoxy) is 3. The van der Waals surface area contributed by atoms with E-state index in [1.807, 2.05) is 35.4 Å². The maximum absolute atomic E-state index is 13.1. The van der Waals surface area contributed by atoms with E-state index in [9.17, 15) is 4.79 Å². The summed E-state index contributed by atoms with van der Waals surface area (Å²) in [5.74, 6) is 2.33. The van der Waals surface area contributed by atoms with Gasteiger partial charge in [0, 0.05) is 49.5 Å². The smallest absolute Gasteiger partial charge is 0.321 e. The number of urea groups is 1. The van der Waals surface area contributed by atoms with Crippen LogP contribution in [0.1, 0.15) is 6.42 Å². The molecule has 1 fully saturated rings. The van der Waals surface area contributed by atoms with Crippen molar-refractivity contribution in [1.29, 1.82) is 0 Å². The van der Waals surface area contributed by atoms with Crippen LogP contribution in [0.3, 0.4) is 0 Å². The molecule has 10 heteroatoms. The van der Waals surface area contributed by atoms with Crippen molar-refractivity contribution in [2.75, 3.05) is 57.7 Å². The predicted molar refractivity (Wildman–Crippen MR) is 141 cm³/mol. The van der Waals surface area contributed by atoms with Crippen molar-refractivity contribution >= 4 is 45.7 Å². The highest BCUT2D eigenvalue weighted by atomic mass is 35.5. The Hall–Kier alpha value is -3.85. The van der Waals surface area contributed by atoms with Gasteiger partial charge in [0.05, 0.1) is 43.6 Å². The lowest BCUT2D eigenvalue weighted by molar-refractivity contribution is 0.215. The van der Waals surface area contributed by atoms with Gasteiger partial charge >= 0.3 is 6.03 Å². The number of aromatic nitrogens is 2. The molecule has 0 atom stereocenters. The van der Waals surface area contributed by atoms with Crippen molar-refractivity contribution in [2.45, 2.75) is 6.42 Å². The Bertz CT molecular complexity index is 1400. The maximum Gasteiger partial charge on any atom is 0.321 e. The fraction of sp³-hybridized carbons (Fsp3) is 0.308. The normalized spacial score (nSPS) is 14.1. The molecule has 2 aromatic carbocycles. The van der Waals surface area contributed by atoms with E-state index in [0.717, 1.165) is 35.3 Å². The molecule has 1 aliphatic rings. The van der Waals surface area contributed by atoms with E-state index >= 15 is 0 Å². The fourth-order valence-electron chi connectivity index (χ4n) is 4.66. The molecule has 1 saturated heterocycles. The second-order valence-electron chi connectivity index (χ2n) is 8.50. The monoisotopic (exact) mass is 509 g/mol. The first-order valence-corrected chi connectivity index (χ1v) is 12.1. The number of carbonyl (C=O) groups excluding carboxylic acids is 1. The Labute approximate surface area is 214 Å². The van der Waals surface area contributed by atoms with E-state index in [-0.39, 0.29) is 6.03 Å². The molecule has 2 amide bonds. The van der Waals surface area contributed by atoms with Crippen LogP contribution >= 0.6 is 11.6 Å². The topological polar surface area (TPSA) is 80.6 Å². The Balaban J connectivity index is 1.35. The molecule has 5 rings (SSSR count). The molecule has 3 heterocycles. The van der Waals surface area contributed by atoms with Gasteiger partial charge in [-0.2, -0.15) is 0 Å². The third-order valence-corrected chi connectivity index (χ3v) is 6.63. The largest absolute Gasteiger partial charge is 0.493 e. The molecule has 0 saturated carbocycles. The van der Waals surface area contributed by atoms with Crippen molar-refractivity contribution in [3.05, 3.63) is 53.7 Å². The number of halogens is 1. The molecule has 188 valence electrons. The van der Waals surface area contributed by atoms with Crippen LogP contribution < -0.4 is 24.4 Å². The van der Waals surface area contributed by atoms with Gasteiger partial charge in [-0.25, -0.2) is 9.78 Å². The van der Waals surface area contributed by atoms with Gasteiger partial charge in [-0.1, -0.05) is 11.6 Å². The molecule has 0 aliphatic carbocycles. The summed E-state index contributed by atoms with van der Waals surface area (Å²) in [6.45, 7) is 2.62. The van der Waals surface area contributed by atoms with Crippen molar-refractivity contribution in [3.63, 3.8) is 0 Å². The molecule has 0 radical (unpaired) electrons. The number of fused-ring (bicyclic) bond motifs is 3. The quantitative estimate of drug-likeness (QED) is 0.411. The molecule has 1 aliphatic heterocycles. The van der Waals surface area contributed by atoms with E-state index in [4.69, 9.17) is 30.8 Å². The number of amides is 2. The zero-order chi connectivity index (χ0) is 25.2. The highest BCUT2D eigenvalue weighted by molar-refractivity contribution is 6.31. The number of rotatable bonds is 5. The second kappa shape index (κ2) is 10.0. The average Bonchev–Trinajstić information content (AvgIpc) is 3.25. The van der Waals surface area contributed by atoms with E-state index < -0.39 is 0 Å². The van der Waals surface area contributed by atoms with Crippen molar-refractivity contribution in [2.24, 2.45) is 0 Å². The first kappa shape index (κ1) is 23.9. The summed E-state index contributed by atoms with van der Waals surface area (Å²) in [5, 5.41) is 3.62. The summed E-state index contributed by atoms with van der Waals surface area (Å²) in [6, 6.07) is 13.1. The number of anilines is 2. The highest BCUT2D eigenvalue weighted by Crippen LogP contribution is 2.40. The Kier molecular flexibility index (Phi) is 6.65. The molecule has 9 nitrogen and oxygen atoms in total. The lowest BCUT2D eigenvalue weighted by Crippen LogP contribution is -2.38. The van der Waals surface area contributed by atoms with Gasteiger partial charge < -0.3 is 33.7 Å². The zero-order valence-corrected chi connectivity index (χ0v) is 21.2. The van der Waals surface area contributed by atoms with Crippen LogP contribution in [0.25, 0.3) is 16.6 Å². The number of nitrogens with one attached hydrogen (secondary N) is 1. The highest BCUT2D eigenvalue weighted by Gasteiger charge is 2.23. The number of carbonyl (C=O) groups is 1. The summed E-state index contributed by atoms with van der Waals surface area (Å²) in [6.07, 6.45) is 2.84. The Morgan fingerprint density at radius 1 is 0.944 bits per heavy atom. The average molecular weight is 510 g/mol. The molecule has 1 N–H and O–H groups in total. The third kappa shape index (κ3) is 4.42. The maximum atomic E-state index is 13.1. The third-order valence-electron chi connectivity index (χ3n) is 6.40. The van der Waals surface area contributed by atoms with Crippen LogP contribution in [0.4, 0.5) is 16.3 Å². The molecule has 36 heavy (non-hydrogen) atoms. The van der Waals surface area contributed by atoms with Crippen LogP contribution in [0, 0.1) is 0 Å². The SMILES string of the molecule is COc1cc(NC(=O)N2CCCN(c3nc4cc(Cl)ccc4n4cccc34)CC2)cc(OC)c1OC. The number of hydrogen-bond acceptors (Lipinski definition) is 6. The summed E-state index contributed by atoms with van der Waals surface area (Å²) in [4.78, 5) is 22.2. The van der Waals surface area contributed by atoms with Gasteiger partial charge in [-0.3, -0.25) is 0 Å². The summed E-state index contributed by atoms with van der Waals surface area (Å²) >= 11 is 6.25. The van der Waals surface area contributed by atoms with Crippen molar-refractivity contribution < 1.29 is 19.0 Å². The van der Waals surface area contributed by atoms with Crippen molar-refractivity contribution in [3.8, 4) is 17.2 Å². The van der Waals surface area contributed by atoms with Gasteiger partial charge in [0.2, 0.25) is 5.75 Å². The van der Waals surface area contributed by atoms with Crippen molar-refractivity contribution in [1.82, 2.24) is 14.3 Å². The molecule has 0 unspecified atom stereocenters. The first-order valence-electron chi connectivity index (χ1n) is 11.7. The first-order chi connectivity index (χ1) is 17.5. The molecule has 2 aromatic heterocycles. The summed E-state index contributed by atoms with van der Waals surface area (Å²) in [7, 11) is 4.63. The molecule has 4 aromatic rings. The Morgan fingerprint density at radius 3 is 2.44 bits per heavy atom. The van der Waals surface area contributed by atoms with Crippen LogP contribution in [-0.4, -0.2) is 67.8 Å². The number of hydrogen-bond donors (Lipinski definition) is 1. The van der Waals surface area contributed by atoms with Gasteiger partial charge in [0.1, 0.15) is 0 Å². The fourth-order valence-corrected chi connectivity index (χ4v) is 4.82. The van der Waals surface area contributed by atoms with Crippen LogP contribution in [0.2, 0.25) is 5.02 Å². The second-order valence-corrected chi connectivity index (χ2v) is 8.94. The molecular formula is C26H28ClN5O4. The molecule has 0 bridgehead atoms. The predicted octanol–water partition coefficient (Wildman–Crippen LogP) is 4.91. The lowest BCUT2D eigenvalue weighted by Gasteiger charge is -2.24. The van der Waals surface area contributed by atoms with E-state index in [2.05, 4.69) is 20.7 Å². The van der Waals surface area contributed by atoms with E-state index in [1.165, 1.54) is 0 Å². The number of nitrogens with zero attached hydrogens (tertiary/aromatic N) is 4. The minimum atomic E-state index is -0.183. The van der Waals surface area contributed by atoms with Crippen LogP contribution in [-0.2, 0) is 0 Å². The lowest BCUT2D eigenvalue weighted by atomic mass is 10.2. The van der Waals surface area contributed by atoms with Gasteiger partial charge in [-0.05, 0) is 36.8 Å². The summed E-state index contributed by atoms with van der Waals surface area (Å²) < 4.78 is 18.3. The number of benzene rings is 2. The molecule has 0 spiro atoms. The van der Waals surface area contributed by atoms with Crippen LogP contribution in [0.5, 0.6) is 17.2 Å². The minimum absolute atomic E-state index is 0.183. The number of methoxy groups -OCH3 is 3.